The van der Waals surface area contributed by atoms with Crippen LogP contribution in [0.1, 0.15) is 28.6 Å². The zero-order valence-corrected chi connectivity index (χ0v) is 12.6. The molecule has 2 rings (SSSR count). The van der Waals surface area contributed by atoms with Crippen molar-refractivity contribution in [2.45, 2.75) is 20.8 Å². The summed E-state index contributed by atoms with van der Waals surface area (Å²) in [6, 6.07) is 5.77. The van der Waals surface area contributed by atoms with Crippen molar-refractivity contribution in [1.82, 2.24) is 5.16 Å². The molecule has 1 aromatic carbocycles. The first-order valence-corrected chi connectivity index (χ1v) is 6.74. The summed E-state index contributed by atoms with van der Waals surface area (Å²) in [5, 5.41) is 3.99. The number of rotatable bonds is 3. The predicted molar refractivity (Wildman–Crippen MR) is 75.1 cm³/mol. The molecule has 0 amide bonds. The van der Waals surface area contributed by atoms with Crippen LogP contribution in [0.2, 0.25) is 0 Å². The largest absolute Gasteiger partial charge is 0.462 e. The molecule has 0 atom stereocenters. The molecule has 100 valence electrons. The van der Waals surface area contributed by atoms with Crippen molar-refractivity contribution in [3.8, 4) is 11.3 Å². The van der Waals surface area contributed by atoms with Crippen LogP contribution >= 0.6 is 15.9 Å². The fourth-order valence-corrected chi connectivity index (χ4v) is 2.28. The molecule has 4 nitrogen and oxygen atoms in total. The lowest BCUT2D eigenvalue weighted by Gasteiger charge is -2.06. The summed E-state index contributed by atoms with van der Waals surface area (Å²) in [5.74, 6) is 0.0477. The third-order valence-electron chi connectivity index (χ3n) is 2.79. The maximum absolute atomic E-state index is 12.0. The molecule has 5 heteroatoms. The second-order valence-corrected chi connectivity index (χ2v) is 4.91. The van der Waals surface area contributed by atoms with Crippen LogP contribution in [0.3, 0.4) is 0 Å². The minimum Gasteiger partial charge on any atom is -0.462 e. The third-order valence-corrected chi connectivity index (χ3v) is 3.84. The van der Waals surface area contributed by atoms with Crippen LogP contribution in [-0.2, 0) is 4.74 Å². The van der Waals surface area contributed by atoms with Crippen molar-refractivity contribution in [2.75, 3.05) is 6.61 Å². The number of esters is 1. The fourth-order valence-electron chi connectivity index (χ4n) is 1.83. The highest BCUT2D eigenvalue weighted by Gasteiger charge is 2.24. The Labute approximate surface area is 119 Å². The van der Waals surface area contributed by atoms with Gasteiger partial charge < -0.3 is 9.26 Å². The first-order valence-electron chi connectivity index (χ1n) is 5.95. The van der Waals surface area contributed by atoms with Gasteiger partial charge in [-0.05, 0) is 42.3 Å². The molecule has 0 fully saturated rings. The lowest BCUT2D eigenvalue weighted by molar-refractivity contribution is 0.0525. The number of halogens is 1. The number of hydrogen-bond donors (Lipinski definition) is 0. The molecule has 0 spiro atoms. The summed E-state index contributed by atoms with van der Waals surface area (Å²) in [4.78, 5) is 12.0. The van der Waals surface area contributed by atoms with Crippen LogP contribution in [0, 0.1) is 13.8 Å². The third kappa shape index (κ3) is 2.56. The molecule has 0 saturated heterocycles. The van der Waals surface area contributed by atoms with Gasteiger partial charge in [0.05, 0.1) is 6.61 Å². The summed E-state index contributed by atoms with van der Waals surface area (Å²) in [6.45, 7) is 5.76. The van der Waals surface area contributed by atoms with E-state index in [-0.39, 0.29) is 0 Å². The number of aromatic nitrogens is 1. The summed E-state index contributed by atoms with van der Waals surface area (Å²) < 4.78 is 11.1. The van der Waals surface area contributed by atoms with Crippen molar-refractivity contribution in [2.24, 2.45) is 0 Å². The van der Waals surface area contributed by atoms with Crippen molar-refractivity contribution >= 4 is 21.9 Å². The molecule has 0 aliphatic carbocycles. The van der Waals surface area contributed by atoms with E-state index in [4.69, 9.17) is 9.26 Å². The maximum Gasteiger partial charge on any atom is 0.344 e. The number of carbonyl (C=O) groups excluding carboxylic acids is 1. The monoisotopic (exact) mass is 323 g/mol. The first kappa shape index (κ1) is 13.8. The van der Waals surface area contributed by atoms with Crippen LogP contribution in [0.4, 0.5) is 0 Å². The van der Waals surface area contributed by atoms with E-state index < -0.39 is 5.97 Å². The minimum atomic E-state index is -0.412. The van der Waals surface area contributed by atoms with Gasteiger partial charge in [0.25, 0.3) is 0 Å². The van der Waals surface area contributed by atoms with Gasteiger partial charge in [-0.2, -0.15) is 0 Å². The van der Waals surface area contributed by atoms with Gasteiger partial charge in [-0.25, -0.2) is 4.79 Å². The second kappa shape index (κ2) is 5.57. The van der Waals surface area contributed by atoms with Crippen LogP contribution < -0.4 is 0 Å². The van der Waals surface area contributed by atoms with Crippen molar-refractivity contribution < 1.29 is 14.1 Å². The average molecular weight is 324 g/mol. The first-order chi connectivity index (χ1) is 9.06. The summed E-state index contributed by atoms with van der Waals surface area (Å²) in [5.41, 5.74) is 2.77. The van der Waals surface area contributed by atoms with E-state index in [0.29, 0.717) is 23.6 Å². The highest BCUT2D eigenvalue weighted by atomic mass is 79.9. The van der Waals surface area contributed by atoms with E-state index in [1.54, 1.807) is 13.8 Å². The number of hydrogen-bond acceptors (Lipinski definition) is 4. The SMILES string of the molecule is CCOC(=O)c1c(-c2cccc(C)c2Br)noc1C. The summed E-state index contributed by atoms with van der Waals surface area (Å²) >= 11 is 3.51. The highest BCUT2D eigenvalue weighted by Crippen LogP contribution is 2.33. The molecule has 0 aliphatic rings. The maximum atomic E-state index is 12.0. The van der Waals surface area contributed by atoms with Gasteiger partial charge in [0.15, 0.2) is 0 Å². The Morgan fingerprint density at radius 2 is 2.16 bits per heavy atom. The molecule has 2 aromatic rings. The Balaban J connectivity index is 2.57. The standard InChI is InChI=1S/C14H14BrNO3/c1-4-18-14(17)11-9(3)19-16-13(11)10-7-5-6-8(2)12(10)15/h5-7H,4H2,1-3H3. The van der Waals surface area contributed by atoms with E-state index in [1.807, 2.05) is 25.1 Å². The zero-order valence-electron chi connectivity index (χ0n) is 11.0. The average Bonchev–Trinajstić information content (AvgIpc) is 2.75. The van der Waals surface area contributed by atoms with E-state index >= 15 is 0 Å². The van der Waals surface area contributed by atoms with Crippen molar-refractivity contribution in [3.63, 3.8) is 0 Å². The molecule has 0 radical (unpaired) electrons. The van der Waals surface area contributed by atoms with E-state index in [1.165, 1.54) is 0 Å². The quantitative estimate of drug-likeness (QED) is 0.804. The molecular formula is C14H14BrNO3. The normalized spacial score (nSPS) is 10.5. The number of ether oxygens (including phenoxy) is 1. The van der Waals surface area contributed by atoms with Crippen molar-refractivity contribution in [3.05, 3.63) is 39.6 Å². The van der Waals surface area contributed by atoms with Crippen molar-refractivity contribution in [1.29, 1.82) is 0 Å². The van der Waals surface area contributed by atoms with E-state index in [9.17, 15) is 4.79 Å². The fraction of sp³-hybridized carbons (Fsp3) is 0.286. The lowest BCUT2D eigenvalue weighted by Crippen LogP contribution is -2.06. The van der Waals surface area contributed by atoms with Gasteiger partial charge in [-0.1, -0.05) is 23.4 Å². The van der Waals surface area contributed by atoms with Gasteiger partial charge in [0, 0.05) is 10.0 Å². The Morgan fingerprint density at radius 1 is 1.42 bits per heavy atom. The topological polar surface area (TPSA) is 52.3 Å². The minimum absolute atomic E-state index is 0.317. The molecular weight excluding hydrogens is 310 g/mol. The molecule has 0 aliphatic heterocycles. The van der Waals surface area contributed by atoms with Crippen LogP contribution in [0.25, 0.3) is 11.3 Å². The Bertz CT molecular complexity index is 619. The molecule has 0 N–H and O–H groups in total. The zero-order chi connectivity index (χ0) is 14.0. The molecule has 0 bridgehead atoms. The molecule has 19 heavy (non-hydrogen) atoms. The van der Waals surface area contributed by atoms with Crippen LogP contribution in [-0.4, -0.2) is 17.7 Å². The number of aryl methyl sites for hydroxylation is 2. The number of carbonyl (C=O) groups is 1. The van der Waals surface area contributed by atoms with Gasteiger partial charge in [0.1, 0.15) is 17.0 Å². The summed E-state index contributed by atoms with van der Waals surface area (Å²) in [7, 11) is 0. The van der Waals surface area contributed by atoms with Crippen LogP contribution in [0.5, 0.6) is 0 Å². The second-order valence-electron chi connectivity index (χ2n) is 4.12. The van der Waals surface area contributed by atoms with Gasteiger partial charge in [0.2, 0.25) is 0 Å². The highest BCUT2D eigenvalue weighted by molar-refractivity contribution is 9.10. The molecule has 1 heterocycles. The number of nitrogens with zero attached hydrogens (tertiary/aromatic N) is 1. The Morgan fingerprint density at radius 3 is 2.84 bits per heavy atom. The molecule has 1 aromatic heterocycles. The lowest BCUT2D eigenvalue weighted by atomic mass is 10.0. The molecule has 0 unspecified atom stereocenters. The Hall–Kier alpha value is -1.62. The van der Waals surface area contributed by atoms with Gasteiger partial charge in [-0.15, -0.1) is 0 Å². The number of benzene rings is 1. The van der Waals surface area contributed by atoms with Gasteiger partial charge in [-0.3, -0.25) is 0 Å². The predicted octanol–water partition coefficient (Wildman–Crippen LogP) is 3.90. The van der Waals surface area contributed by atoms with Gasteiger partial charge >= 0.3 is 5.97 Å². The van der Waals surface area contributed by atoms with E-state index in [2.05, 4.69) is 21.1 Å². The smallest absolute Gasteiger partial charge is 0.344 e. The van der Waals surface area contributed by atoms with E-state index in [0.717, 1.165) is 15.6 Å². The van der Waals surface area contributed by atoms with Crippen LogP contribution in [0.15, 0.2) is 27.2 Å². The Kier molecular flexibility index (Phi) is 4.04. The summed E-state index contributed by atoms with van der Waals surface area (Å²) in [6.07, 6.45) is 0. The molecule has 0 saturated carbocycles.